The summed E-state index contributed by atoms with van der Waals surface area (Å²) in [7, 11) is 0. The van der Waals surface area contributed by atoms with E-state index in [1.807, 2.05) is 66.7 Å². The third-order valence-corrected chi connectivity index (χ3v) is 3.01. The van der Waals surface area contributed by atoms with Crippen LogP contribution >= 0.6 is 11.6 Å². The second kappa shape index (κ2) is 8.12. The standard InChI is InChI=1S/C17H16ClNO2/c18-16-10-8-14(9-11-16)7-4-12-19-17(20)21-13-15-5-2-1-3-6-15/h1-11H,12-13H2,(H,19,20). The van der Waals surface area contributed by atoms with Gasteiger partial charge in [-0.3, -0.25) is 0 Å². The van der Waals surface area contributed by atoms with E-state index in [1.54, 1.807) is 0 Å². The zero-order valence-corrected chi connectivity index (χ0v) is 12.2. The van der Waals surface area contributed by atoms with Crippen LogP contribution in [-0.2, 0) is 11.3 Å². The average molecular weight is 302 g/mol. The summed E-state index contributed by atoms with van der Waals surface area (Å²) >= 11 is 5.80. The number of nitrogens with one attached hydrogen (secondary N) is 1. The number of halogens is 1. The van der Waals surface area contributed by atoms with Gasteiger partial charge in [-0.25, -0.2) is 4.79 Å². The van der Waals surface area contributed by atoms with Gasteiger partial charge in [-0.15, -0.1) is 0 Å². The number of alkyl carbamates (subject to hydrolysis) is 1. The highest BCUT2D eigenvalue weighted by molar-refractivity contribution is 6.30. The predicted octanol–water partition coefficient (Wildman–Crippen LogP) is 4.28. The largest absolute Gasteiger partial charge is 0.445 e. The molecular weight excluding hydrogens is 286 g/mol. The van der Waals surface area contributed by atoms with Crippen LogP contribution in [0.15, 0.2) is 60.7 Å². The van der Waals surface area contributed by atoms with Gasteiger partial charge in [0.05, 0.1) is 0 Å². The molecule has 1 N–H and O–H groups in total. The number of ether oxygens (including phenoxy) is 1. The van der Waals surface area contributed by atoms with Crippen molar-refractivity contribution in [3.8, 4) is 0 Å². The maximum Gasteiger partial charge on any atom is 0.407 e. The molecule has 0 aliphatic heterocycles. The normalized spacial score (nSPS) is 10.5. The van der Waals surface area contributed by atoms with E-state index in [0.717, 1.165) is 11.1 Å². The van der Waals surface area contributed by atoms with Crippen molar-refractivity contribution in [2.24, 2.45) is 0 Å². The van der Waals surface area contributed by atoms with E-state index in [4.69, 9.17) is 16.3 Å². The Kier molecular flexibility index (Phi) is 5.85. The molecule has 0 saturated carbocycles. The lowest BCUT2D eigenvalue weighted by atomic mass is 10.2. The first-order chi connectivity index (χ1) is 10.2. The molecule has 0 aliphatic carbocycles. The minimum Gasteiger partial charge on any atom is -0.445 e. The number of hydrogen-bond donors (Lipinski definition) is 1. The molecule has 0 spiro atoms. The average Bonchev–Trinajstić information content (AvgIpc) is 2.52. The molecule has 2 rings (SSSR count). The molecule has 0 bridgehead atoms. The van der Waals surface area contributed by atoms with E-state index in [9.17, 15) is 4.79 Å². The number of rotatable bonds is 5. The summed E-state index contributed by atoms with van der Waals surface area (Å²) in [5.74, 6) is 0. The summed E-state index contributed by atoms with van der Waals surface area (Å²) in [6.45, 7) is 0.684. The summed E-state index contributed by atoms with van der Waals surface area (Å²) in [6, 6.07) is 17.0. The maximum atomic E-state index is 11.5. The van der Waals surface area contributed by atoms with Gasteiger partial charge in [-0.05, 0) is 23.3 Å². The first-order valence-electron chi connectivity index (χ1n) is 6.61. The second-order valence-electron chi connectivity index (χ2n) is 4.40. The third-order valence-electron chi connectivity index (χ3n) is 2.76. The van der Waals surface area contributed by atoms with Gasteiger partial charge in [0.2, 0.25) is 0 Å². The van der Waals surface area contributed by atoms with Crippen molar-refractivity contribution in [2.45, 2.75) is 6.61 Å². The van der Waals surface area contributed by atoms with Crippen LogP contribution < -0.4 is 5.32 Å². The Morgan fingerprint density at radius 1 is 1.10 bits per heavy atom. The number of hydrogen-bond acceptors (Lipinski definition) is 2. The SMILES string of the molecule is O=C(NCC=Cc1ccc(Cl)cc1)OCc1ccccc1. The van der Waals surface area contributed by atoms with Crippen LogP contribution in [0.2, 0.25) is 5.02 Å². The lowest BCUT2D eigenvalue weighted by Crippen LogP contribution is -2.24. The smallest absolute Gasteiger partial charge is 0.407 e. The van der Waals surface area contributed by atoms with E-state index >= 15 is 0 Å². The molecule has 0 aliphatic rings. The highest BCUT2D eigenvalue weighted by Gasteiger charge is 1.99. The van der Waals surface area contributed by atoms with Crippen LogP contribution in [0.4, 0.5) is 4.79 Å². The van der Waals surface area contributed by atoms with E-state index in [2.05, 4.69) is 5.32 Å². The van der Waals surface area contributed by atoms with Crippen molar-refractivity contribution < 1.29 is 9.53 Å². The quantitative estimate of drug-likeness (QED) is 0.895. The molecule has 0 heterocycles. The molecule has 0 fully saturated rings. The molecule has 1 amide bonds. The first-order valence-corrected chi connectivity index (χ1v) is 6.98. The van der Waals surface area contributed by atoms with E-state index in [1.165, 1.54) is 0 Å². The highest BCUT2D eigenvalue weighted by atomic mass is 35.5. The molecule has 2 aromatic carbocycles. The van der Waals surface area contributed by atoms with Crippen LogP contribution in [0.3, 0.4) is 0 Å². The number of carbonyl (C=O) groups excluding carboxylic acids is 1. The van der Waals surface area contributed by atoms with Crippen molar-refractivity contribution in [1.82, 2.24) is 5.32 Å². The molecule has 4 heteroatoms. The Balaban J connectivity index is 1.68. The minimum absolute atomic E-state index is 0.271. The Bertz CT molecular complexity index is 594. The summed E-state index contributed by atoms with van der Waals surface area (Å²) in [5, 5.41) is 3.36. The van der Waals surface area contributed by atoms with Gasteiger partial charge in [0.1, 0.15) is 6.61 Å². The van der Waals surface area contributed by atoms with E-state index in [-0.39, 0.29) is 6.61 Å². The Morgan fingerprint density at radius 2 is 1.81 bits per heavy atom. The number of benzene rings is 2. The lowest BCUT2D eigenvalue weighted by molar-refractivity contribution is 0.141. The van der Waals surface area contributed by atoms with Crippen LogP contribution in [0.5, 0.6) is 0 Å². The fourth-order valence-electron chi connectivity index (χ4n) is 1.69. The van der Waals surface area contributed by atoms with Gasteiger partial charge in [-0.1, -0.05) is 66.2 Å². The van der Waals surface area contributed by atoms with Crippen molar-refractivity contribution in [3.63, 3.8) is 0 Å². The van der Waals surface area contributed by atoms with Crippen LogP contribution in [0.1, 0.15) is 11.1 Å². The Morgan fingerprint density at radius 3 is 2.52 bits per heavy atom. The van der Waals surface area contributed by atoms with Gasteiger partial charge in [0.25, 0.3) is 0 Å². The molecule has 0 atom stereocenters. The van der Waals surface area contributed by atoms with Crippen LogP contribution in [-0.4, -0.2) is 12.6 Å². The van der Waals surface area contributed by atoms with E-state index in [0.29, 0.717) is 11.6 Å². The Labute approximate surface area is 129 Å². The molecular formula is C17H16ClNO2. The summed E-state index contributed by atoms with van der Waals surface area (Å²) in [6.07, 6.45) is 3.33. The molecule has 0 radical (unpaired) electrons. The van der Waals surface area contributed by atoms with Crippen molar-refractivity contribution >= 4 is 23.8 Å². The van der Waals surface area contributed by atoms with Crippen molar-refractivity contribution in [3.05, 3.63) is 76.8 Å². The minimum atomic E-state index is -0.431. The maximum absolute atomic E-state index is 11.5. The monoisotopic (exact) mass is 301 g/mol. The lowest BCUT2D eigenvalue weighted by Gasteiger charge is -2.05. The molecule has 2 aromatic rings. The molecule has 0 saturated heterocycles. The zero-order valence-electron chi connectivity index (χ0n) is 11.5. The van der Waals surface area contributed by atoms with Gasteiger partial charge in [-0.2, -0.15) is 0 Å². The van der Waals surface area contributed by atoms with Gasteiger partial charge < -0.3 is 10.1 Å². The van der Waals surface area contributed by atoms with Gasteiger partial charge in [0.15, 0.2) is 0 Å². The predicted molar refractivity (Wildman–Crippen MR) is 85.1 cm³/mol. The molecule has 0 aromatic heterocycles. The molecule has 108 valence electrons. The Hall–Kier alpha value is -2.26. The topological polar surface area (TPSA) is 38.3 Å². The fraction of sp³-hybridized carbons (Fsp3) is 0.118. The van der Waals surface area contributed by atoms with Gasteiger partial charge >= 0.3 is 6.09 Å². The number of amides is 1. The number of carbonyl (C=O) groups is 1. The third kappa shape index (κ3) is 5.71. The zero-order chi connectivity index (χ0) is 14.9. The fourth-order valence-corrected chi connectivity index (χ4v) is 1.81. The van der Waals surface area contributed by atoms with Gasteiger partial charge in [0, 0.05) is 11.6 Å². The highest BCUT2D eigenvalue weighted by Crippen LogP contribution is 2.10. The van der Waals surface area contributed by atoms with E-state index < -0.39 is 6.09 Å². The molecule has 0 unspecified atom stereocenters. The molecule has 3 nitrogen and oxygen atoms in total. The van der Waals surface area contributed by atoms with Crippen molar-refractivity contribution in [2.75, 3.05) is 6.54 Å². The van der Waals surface area contributed by atoms with Crippen LogP contribution in [0.25, 0.3) is 6.08 Å². The molecule has 21 heavy (non-hydrogen) atoms. The summed E-state index contributed by atoms with van der Waals surface area (Å²) in [4.78, 5) is 11.5. The summed E-state index contributed by atoms with van der Waals surface area (Å²) in [5.41, 5.74) is 1.99. The van der Waals surface area contributed by atoms with Crippen molar-refractivity contribution in [1.29, 1.82) is 0 Å². The summed E-state index contributed by atoms with van der Waals surface area (Å²) < 4.78 is 5.09. The van der Waals surface area contributed by atoms with Crippen LogP contribution in [0, 0.1) is 0 Å². The second-order valence-corrected chi connectivity index (χ2v) is 4.83. The first kappa shape index (κ1) is 15.1.